The summed E-state index contributed by atoms with van der Waals surface area (Å²) in [6.07, 6.45) is 1.55. The molecule has 1 unspecified atom stereocenters. The van der Waals surface area contributed by atoms with E-state index in [1.807, 2.05) is 0 Å². The molecule has 1 aromatic carbocycles. The molecule has 0 aliphatic heterocycles. The number of nitrogens with one attached hydrogen (secondary N) is 2. The van der Waals surface area contributed by atoms with E-state index in [0.29, 0.717) is 33.3 Å². The molecule has 3 rings (SSSR count). The predicted molar refractivity (Wildman–Crippen MR) is 114 cm³/mol. The number of aryl methyl sites for hydroxylation is 1. The third kappa shape index (κ3) is 5.10. The Labute approximate surface area is 176 Å². The molecule has 0 fully saturated rings. The van der Waals surface area contributed by atoms with Crippen molar-refractivity contribution in [1.82, 2.24) is 15.0 Å². The number of rotatable bonds is 7. The van der Waals surface area contributed by atoms with E-state index < -0.39 is 7.60 Å². The first-order valence-corrected chi connectivity index (χ1v) is 11.5. The van der Waals surface area contributed by atoms with Crippen LogP contribution in [-0.4, -0.2) is 45.3 Å². The number of hydrogen-bond donors (Lipinski definition) is 3. The SMILES string of the molecule is [C-]#[N+]c1ncc2[nH]c(SCC(=O)Nc3ccc(OP(C)(=O)O)c(OC)c3)nc2c1C. The van der Waals surface area contributed by atoms with E-state index in [1.54, 1.807) is 13.1 Å². The highest BCUT2D eigenvalue weighted by Gasteiger charge is 2.17. The second-order valence-electron chi connectivity index (χ2n) is 6.22. The Kier molecular flexibility index (Phi) is 6.31. The minimum absolute atomic E-state index is 0.0867. The molecule has 0 saturated heterocycles. The average Bonchev–Trinajstić information content (AvgIpc) is 3.11. The van der Waals surface area contributed by atoms with Crippen LogP contribution >= 0.6 is 19.4 Å². The smallest absolute Gasteiger partial charge is 0.373 e. The molecule has 0 saturated carbocycles. The fraction of sp³-hybridized carbons (Fsp3) is 0.222. The topological polar surface area (TPSA) is 131 Å². The third-order valence-corrected chi connectivity index (χ3v) is 5.29. The number of pyridine rings is 1. The Hall–Kier alpha value is -3.06. The second kappa shape index (κ2) is 8.75. The Balaban J connectivity index is 1.66. The van der Waals surface area contributed by atoms with E-state index in [2.05, 4.69) is 25.1 Å². The Morgan fingerprint density at radius 2 is 2.20 bits per heavy atom. The lowest BCUT2D eigenvalue weighted by molar-refractivity contribution is -0.113. The zero-order chi connectivity index (χ0) is 21.9. The minimum Gasteiger partial charge on any atom is -0.493 e. The highest BCUT2D eigenvalue weighted by Crippen LogP contribution is 2.43. The van der Waals surface area contributed by atoms with Crippen molar-refractivity contribution in [3.8, 4) is 11.5 Å². The van der Waals surface area contributed by atoms with Gasteiger partial charge in [-0.1, -0.05) is 18.3 Å². The molecule has 3 N–H and O–H groups in total. The van der Waals surface area contributed by atoms with Crippen LogP contribution in [0.15, 0.2) is 29.6 Å². The first-order valence-electron chi connectivity index (χ1n) is 8.53. The summed E-state index contributed by atoms with van der Waals surface area (Å²) in [5.41, 5.74) is 2.47. The summed E-state index contributed by atoms with van der Waals surface area (Å²) in [5, 5.41) is 3.26. The van der Waals surface area contributed by atoms with Crippen molar-refractivity contribution < 1.29 is 23.5 Å². The van der Waals surface area contributed by atoms with Crippen molar-refractivity contribution in [2.45, 2.75) is 12.1 Å². The van der Waals surface area contributed by atoms with Gasteiger partial charge in [0.1, 0.15) is 11.7 Å². The molecule has 2 aromatic heterocycles. The van der Waals surface area contributed by atoms with Crippen LogP contribution in [0.1, 0.15) is 5.56 Å². The monoisotopic (exact) mass is 447 g/mol. The van der Waals surface area contributed by atoms with Crippen molar-refractivity contribution in [1.29, 1.82) is 0 Å². The number of ether oxygens (including phenoxy) is 1. The lowest BCUT2D eigenvalue weighted by atomic mass is 10.2. The number of imidazole rings is 1. The van der Waals surface area contributed by atoms with Crippen molar-refractivity contribution in [3.63, 3.8) is 0 Å². The number of hydrogen-bond acceptors (Lipinski definition) is 7. The molecule has 2 heterocycles. The van der Waals surface area contributed by atoms with E-state index in [-0.39, 0.29) is 23.2 Å². The number of benzene rings is 1. The maximum Gasteiger partial charge on any atom is 0.373 e. The normalized spacial score (nSPS) is 12.8. The van der Waals surface area contributed by atoms with Crippen molar-refractivity contribution >= 4 is 47.8 Å². The van der Waals surface area contributed by atoms with E-state index in [4.69, 9.17) is 15.8 Å². The first-order chi connectivity index (χ1) is 14.2. The van der Waals surface area contributed by atoms with Crippen LogP contribution in [-0.2, 0) is 9.36 Å². The number of aromatic amines is 1. The summed E-state index contributed by atoms with van der Waals surface area (Å²) in [6, 6.07) is 4.48. The molecule has 1 atom stereocenters. The van der Waals surface area contributed by atoms with Gasteiger partial charge >= 0.3 is 7.60 Å². The van der Waals surface area contributed by atoms with Gasteiger partial charge in [-0.2, -0.15) is 0 Å². The van der Waals surface area contributed by atoms with Crippen LogP contribution in [0.4, 0.5) is 11.5 Å². The summed E-state index contributed by atoms with van der Waals surface area (Å²) in [6.45, 7) is 9.96. The average molecular weight is 447 g/mol. The quantitative estimate of drug-likeness (QED) is 0.284. The Morgan fingerprint density at radius 1 is 1.43 bits per heavy atom. The number of carbonyl (C=O) groups is 1. The van der Waals surface area contributed by atoms with Crippen molar-refractivity contribution in [2.75, 3.05) is 24.8 Å². The number of H-pyrrole nitrogens is 1. The molecule has 0 radical (unpaired) electrons. The first kappa shape index (κ1) is 21.6. The van der Waals surface area contributed by atoms with E-state index in [0.717, 1.165) is 6.66 Å². The van der Waals surface area contributed by atoms with Crippen molar-refractivity contribution in [2.24, 2.45) is 0 Å². The van der Waals surface area contributed by atoms with Gasteiger partial charge in [0, 0.05) is 24.0 Å². The number of anilines is 1. The highest BCUT2D eigenvalue weighted by molar-refractivity contribution is 7.99. The number of thioether (sulfide) groups is 1. The second-order valence-corrected chi connectivity index (χ2v) is 8.97. The number of fused-ring (bicyclic) bond motifs is 1. The summed E-state index contributed by atoms with van der Waals surface area (Å²) < 4.78 is 21.6. The number of aromatic nitrogens is 3. The van der Waals surface area contributed by atoms with Gasteiger partial charge in [0.05, 0.1) is 18.4 Å². The highest BCUT2D eigenvalue weighted by atomic mass is 32.2. The van der Waals surface area contributed by atoms with E-state index >= 15 is 0 Å². The van der Waals surface area contributed by atoms with Gasteiger partial charge in [-0.05, 0) is 19.1 Å². The molecule has 30 heavy (non-hydrogen) atoms. The largest absolute Gasteiger partial charge is 0.493 e. The molecule has 0 aliphatic carbocycles. The molecular weight excluding hydrogens is 429 g/mol. The fourth-order valence-corrected chi connectivity index (χ4v) is 3.78. The van der Waals surface area contributed by atoms with Crippen molar-refractivity contribution in [3.05, 3.63) is 41.4 Å². The number of nitrogens with zero attached hydrogens (tertiary/aromatic N) is 3. The van der Waals surface area contributed by atoms with Gasteiger partial charge in [-0.3, -0.25) is 4.79 Å². The van der Waals surface area contributed by atoms with Crippen LogP contribution < -0.4 is 14.6 Å². The minimum atomic E-state index is -3.74. The molecule has 1 amide bonds. The van der Waals surface area contributed by atoms with Crippen LogP contribution in [0.25, 0.3) is 15.9 Å². The molecule has 12 heteroatoms. The lowest BCUT2D eigenvalue weighted by Crippen LogP contribution is -2.14. The Bertz CT molecular complexity index is 1200. The number of methoxy groups -OCH3 is 1. The third-order valence-electron chi connectivity index (χ3n) is 3.88. The van der Waals surface area contributed by atoms with Gasteiger partial charge in [0.25, 0.3) is 5.82 Å². The number of carbonyl (C=O) groups excluding carboxylic acids is 1. The summed E-state index contributed by atoms with van der Waals surface area (Å²) >= 11 is 1.21. The summed E-state index contributed by atoms with van der Waals surface area (Å²) in [4.78, 5) is 36.6. The maximum absolute atomic E-state index is 12.3. The molecular formula is C18H18N5O5PS. The molecule has 0 spiro atoms. The van der Waals surface area contributed by atoms with Crippen LogP contribution in [0.3, 0.4) is 0 Å². The van der Waals surface area contributed by atoms with Gasteiger partial charge in [-0.25, -0.2) is 9.55 Å². The lowest BCUT2D eigenvalue weighted by Gasteiger charge is -2.14. The Morgan fingerprint density at radius 3 is 2.87 bits per heavy atom. The van der Waals surface area contributed by atoms with Gasteiger partial charge in [-0.15, -0.1) is 4.98 Å². The van der Waals surface area contributed by atoms with Gasteiger partial charge in [0.2, 0.25) is 5.91 Å². The van der Waals surface area contributed by atoms with Crippen LogP contribution in [0, 0.1) is 13.5 Å². The van der Waals surface area contributed by atoms with E-state index in [1.165, 1.54) is 37.1 Å². The fourth-order valence-electron chi connectivity index (χ4n) is 2.59. The molecule has 10 nitrogen and oxygen atoms in total. The number of amides is 1. The maximum atomic E-state index is 12.3. The van der Waals surface area contributed by atoms with E-state index in [9.17, 15) is 14.3 Å². The summed E-state index contributed by atoms with van der Waals surface area (Å²) in [7, 11) is -2.35. The molecule has 3 aromatic rings. The predicted octanol–water partition coefficient (Wildman–Crippen LogP) is 3.75. The standard InChI is InChI=1S/C18H18N5O5PS/c1-10-16-12(8-20-17(10)19-2)22-18(23-16)30-9-15(24)21-11-5-6-13(14(7-11)27-3)28-29(4,25)26/h5-8H,9H2,1,3-4H3,(H,21,24)(H,22,23)(H,25,26). The summed E-state index contributed by atoms with van der Waals surface area (Å²) in [5.74, 6) is 0.417. The zero-order valence-electron chi connectivity index (χ0n) is 16.3. The van der Waals surface area contributed by atoms with Gasteiger partial charge < -0.3 is 29.3 Å². The zero-order valence-corrected chi connectivity index (χ0v) is 18.0. The van der Waals surface area contributed by atoms with Gasteiger partial charge in [0.15, 0.2) is 16.7 Å². The molecule has 0 aliphatic rings. The van der Waals surface area contributed by atoms with Crippen LogP contribution in [0.2, 0.25) is 0 Å². The van der Waals surface area contributed by atoms with Crippen LogP contribution in [0.5, 0.6) is 11.5 Å². The molecule has 156 valence electrons. The molecule has 0 bridgehead atoms.